The molecule has 1 amide bonds. The van der Waals surface area contributed by atoms with Crippen LogP contribution in [0.1, 0.15) is 50.4 Å². The number of primary amides is 1. The highest BCUT2D eigenvalue weighted by atomic mass is 35.5. The second kappa shape index (κ2) is 5.65. The van der Waals surface area contributed by atoms with Gasteiger partial charge in [0.2, 0.25) is 5.91 Å². The van der Waals surface area contributed by atoms with Crippen molar-refractivity contribution in [1.82, 2.24) is 0 Å². The number of hydrogen-bond donors (Lipinski definition) is 2. The lowest BCUT2D eigenvalue weighted by molar-refractivity contribution is 0.100. The highest BCUT2D eigenvalue weighted by Gasteiger charge is 2.31. The Labute approximate surface area is 125 Å². The first kappa shape index (κ1) is 15.2. The lowest BCUT2D eigenvalue weighted by Crippen LogP contribution is -2.35. The van der Waals surface area contributed by atoms with Crippen molar-refractivity contribution in [3.63, 3.8) is 0 Å². The van der Waals surface area contributed by atoms with E-state index >= 15 is 0 Å². The molecule has 0 saturated heterocycles. The Hall–Kier alpha value is -1.22. The summed E-state index contributed by atoms with van der Waals surface area (Å²) in [5.74, 6) is 0.218. The molecule has 0 spiro atoms. The minimum atomic E-state index is -0.490. The van der Waals surface area contributed by atoms with Crippen molar-refractivity contribution in [2.24, 2.45) is 17.1 Å². The van der Waals surface area contributed by atoms with Crippen LogP contribution in [0.15, 0.2) is 18.2 Å². The molecule has 2 rings (SSSR count). The van der Waals surface area contributed by atoms with Crippen LogP contribution in [-0.4, -0.2) is 11.9 Å². The summed E-state index contributed by atoms with van der Waals surface area (Å²) >= 11 is 5.97. The molecule has 0 bridgehead atoms. The van der Waals surface area contributed by atoms with Gasteiger partial charge in [0.25, 0.3) is 0 Å². The Bertz CT molecular complexity index is 513. The summed E-state index contributed by atoms with van der Waals surface area (Å²) in [6.07, 6.45) is 3.54. The Balaban J connectivity index is 2.14. The summed E-state index contributed by atoms with van der Waals surface area (Å²) in [5, 5.41) is 3.93. The van der Waals surface area contributed by atoms with Crippen molar-refractivity contribution in [1.29, 1.82) is 0 Å². The number of hydrogen-bond acceptors (Lipinski definition) is 2. The molecule has 2 atom stereocenters. The molecule has 110 valence electrons. The van der Waals surface area contributed by atoms with Crippen LogP contribution >= 0.6 is 11.6 Å². The fraction of sp³-hybridized carbons (Fsp3) is 0.562. The number of nitrogens with two attached hydrogens (primary N) is 1. The summed E-state index contributed by atoms with van der Waals surface area (Å²) in [7, 11) is 0. The molecule has 1 saturated carbocycles. The van der Waals surface area contributed by atoms with Crippen molar-refractivity contribution in [3.05, 3.63) is 28.8 Å². The molecule has 3 N–H and O–H groups in total. The van der Waals surface area contributed by atoms with Gasteiger partial charge < -0.3 is 11.1 Å². The van der Waals surface area contributed by atoms with E-state index in [9.17, 15) is 4.79 Å². The average Bonchev–Trinajstić information content (AvgIpc) is 2.28. The van der Waals surface area contributed by atoms with Gasteiger partial charge in [0.1, 0.15) is 0 Å². The molecular formula is C16H23ClN2O. The predicted octanol–water partition coefficient (Wildman–Crippen LogP) is 4.07. The van der Waals surface area contributed by atoms with Crippen LogP contribution in [0.4, 0.5) is 5.69 Å². The third kappa shape index (κ3) is 3.66. The van der Waals surface area contributed by atoms with Crippen LogP contribution in [0.5, 0.6) is 0 Å². The maximum absolute atomic E-state index is 11.3. The lowest BCUT2D eigenvalue weighted by atomic mass is 9.70. The molecular weight excluding hydrogens is 272 g/mol. The average molecular weight is 295 g/mol. The third-order valence-electron chi connectivity index (χ3n) is 3.99. The van der Waals surface area contributed by atoms with Gasteiger partial charge in [0.05, 0.1) is 10.6 Å². The normalized spacial score (nSPS) is 25.2. The zero-order chi connectivity index (χ0) is 14.9. The van der Waals surface area contributed by atoms with Gasteiger partial charge in [0, 0.05) is 11.7 Å². The molecule has 0 aromatic heterocycles. The zero-order valence-electron chi connectivity index (χ0n) is 12.4. The van der Waals surface area contributed by atoms with E-state index in [-0.39, 0.29) is 0 Å². The number of nitrogens with one attached hydrogen (secondary N) is 1. The van der Waals surface area contributed by atoms with E-state index in [0.29, 0.717) is 28.0 Å². The predicted molar refractivity (Wildman–Crippen MR) is 84.2 cm³/mol. The SMILES string of the molecule is CC1CC(Nc2ccc(Cl)c(C(N)=O)c2)CC(C)(C)C1. The lowest BCUT2D eigenvalue weighted by Gasteiger charge is -2.39. The number of benzene rings is 1. The number of rotatable bonds is 3. The van der Waals surface area contributed by atoms with Gasteiger partial charge in [-0.3, -0.25) is 4.79 Å². The van der Waals surface area contributed by atoms with Gasteiger partial charge in [-0.2, -0.15) is 0 Å². The van der Waals surface area contributed by atoms with Crippen molar-refractivity contribution in [2.75, 3.05) is 5.32 Å². The molecule has 4 heteroatoms. The summed E-state index contributed by atoms with van der Waals surface area (Å²) in [6, 6.07) is 5.80. The molecule has 0 aliphatic heterocycles. The first-order valence-corrected chi connectivity index (χ1v) is 7.50. The maximum Gasteiger partial charge on any atom is 0.250 e. The molecule has 0 radical (unpaired) electrons. The van der Waals surface area contributed by atoms with Crippen LogP contribution in [-0.2, 0) is 0 Å². The van der Waals surface area contributed by atoms with Crippen molar-refractivity contribution in [2.45, 2.75) is 46.1 Å². The number of halogens is 1. The van der Waals surface area contributed by atoms with Gasteiger partial charge in [-0.25, -0.2) is 0 Å². The number of carbonyl (C=O) groups is 1. The summed E-state index contributed by atoms with van der Waals surface area (Å²) in [6.45, 7) is 6.92. The summed E-state index contributed by atoms with van der Waals surface area (Å²) < 4.78 is 0. The van der Waals surface area contributed by atoms with Gasteiger partial charge in [0.15, 0.2) is 0 Å². The largest absolute Gasteiger partial charge is 0.382 e. The van der Waals surface area contributed by atoms with Crippen LogP contribution in [0.2, 0.25) is 5.02 Å². The van der Waals surface area contributed by atoms with E-state index in [4.69, 9.17) is 17.3 Å². The first-order chi connectivity index (χ1) is 9.27. The fourth-order valence-electron chi connectivity index (χ4n) is 3.50. The molecule has 20 heavy (non-hydrogen) atoms. The second-order valence-corrected chi connectivity index (χ2v) is 7.22. The summed E-state index contributed by atoms with van der Waals surface area (Å²) in [4.78, 5) is 11.3. The Morgan fingerprint density at radius 3 is 2.70 bits per heavy atom. The molecule has 0 heterocycles. The van der Waals surface area contributed by atoms with Crippen LogP contribution in [0, 0.1) is 11.3 Å². The van der Waals surface area contributed by atoms with Crippen LogP contribution in [0.3, 0.4) is 0 Å². The van der Waals surface area contributed by atoms with E-state index in [1.807, 2.05) is 6.07 Å². The van der Waals surface area contributed by atoms with Crippen molar-refractivity contribution in [3.8, 4) is 0 Å². The molecule has 1 aromatic carbocycles. The highest BCUT2D eigenvalue weighted by molar-refractivity contribution is 6.33. The van der Waals surface area contributed by atoms with Gasteiger partial charge >= 0.3 is 0 Å². The minimum Gasteiger partial charge on any atom is -0.382 e. The van der Waals surface area contributed by atoms with Gasteiger partial charge in [-0.05, 0) is 48.8 Å². The van der Waals surface area contributed by atoms with E-state index in [2.05, 4.69) is 26.1 Å². The molecule has 1 fully saturated rings. The Kier molecular flexibility index (Phi) is 4.28. The van der Waals surface area contributed by atoms with E-state index in [1.165, 1.54) is 6.42 Å². The minimum absolute atomic E-state index is 0.355. The van der Waals surface area contributed by atoms with E-state index in [1.54, 1.807) is 12.1 Å². The maximum atomic E-state index is 11.3. The van der Waals surface area contributed by atoms with Crippen LogP contribution < -0.4 is 11.1 Å². The number of amides is 1. The number of anilines is 1. The van der Waals surface area contributed by atoms with Crippen molar-refractivity contribution >= 4 is 23.2 Å². The Morgan fingerprint density at radius 2 is 2.10 bits per heavy atom. The third-order valence-corrected chi connectivity index (χ3v) is 4.32. The molecule has 1 aliphatic rings. The number of carbonyl (C=O) groups excluding carboxylic acids is 1. The molecule has 1 aromatic rings. The highest BCUT2D eigenvalue weighted by Crippen LogP contribution is 2.39. The smallest absolute Gasteiger partial charge is 0.250 e. The van der Waals surface area contributed by atoms with E-state index < -0.39 is 5.91 Å². The first-order valence-electron chi connectivity index (χ1n) is 7.13. The summed E-state index contributed by atoms with van der Waals surface area (Å²) in [5.41, 5.74) is 6.98. The quantitative estimate of drug-likeness (QED) is 0.883. The van der Waals surface area contributed by atoms with E-state index in [0.717, 1.165) is 18.5 Å². The monoisotopic (exact) mass is 294 g/mol. The molecule has 3 nitrogen and oxygen atoms in total. The molecule has 2 unspecified atom stereocenters. The molecule has 1 aliphatic carbocycles. The van der Waals surface area contributed by atoms with Crippen molar-refractivity contribution < 1.29 is 4.79 Å². The Morgan fingerprint density at radius 1 is 1.40 bits per heavy atom. The fourth-order valence-corrected chi connectivity index (χ4v) is 3.71. The zero-order valence-corrected chi connectivity index (χ0v) is 13.1. The van der Waals surface area contributed by atoms with Gasteiger partial charge in [-0.15, -0.1) is 0 Å². The topological polar surface area (TPSA) is 55.1 Å². The van der Waals surface area contributed by atoms with Crippen LogP contribution in [0.25, 0.3) is 0 Å². The van der Waals surface area contributed by atoms with Gasteiger partial charge in [-0.1, -0.05) is 32.4 Å². The second-order valence-electron chi connectivity index (χ2n) is 6.81. The standard InChI is InChI=1S/C16H23ClN2O/c1-10-6-12(9-16(2,3)8-10)19-11-4-5-14(17)13(7-11)15(18)20/h4-5,7,10,12,19H,6,8-9H2,1-3H3,(H2,18,20).